The first-order chi connectivity index (χ1) is 9.38. The number of hydrogen-bond donors (Lipinski definition) is 1. The van der Waals surface area contributed by atoms with Crippen molar-refractivity contribution in [1.82, 2.24) is 4.72 Å². The Morgan fingerprint density at radius 3 is 2.50 bits per heavy atom. The summed E-state index contributed by atoms with van der Waals surface area (Å²) in [6.45, 7) is 0.262. The smallest absolute Gasteiger partial charge is 0.211 e. The average molecular weight is 368 g/mol. The lowest BCUT2D eigenvalue weighted by molar-refractivity contribution is 0.366. The van der Waals surface area contributed by atoms with Crippen LogP contribution in [0.4, 0.5) is 8.78 Å². The van der Waals surface area contributed by atoms with E-state index < -0.39 is 26.6 Å². The van der Waals surface area contributed by atoms with E-state index in [0.29, 0.717) is 10.9 Å². The first kappa shape index (κ1) is 15.9. The summed E-state index contributed by atoms with van der Waals surface area (Å²) in [5.41, 5.74) is 0. The van der Waals surface area contributed by atoms with E-state index in [0.717, 1.165) is 37.8 Å². The molecule has 0 aromatic heterocycles. The van der Waals surface area contributed by atoms with Crippen LogP contribution in [-0.4, -0.2) is 19.8 Å². The second-order valence-corrected chi connectivity index (χ2v) is 8.07. The summed E-state index contributed by atoms with van der Waals surface area (Å²) < 4.78 is 52.9. The Kier molecular flexibility index (Phi) is 5.14. The van der Waals surface area contributed by atoms with E-state index >= 15 is 0 Å². The van der Waals surface area contributed by atoms with Crippen LogP contribution in [-0.2, 0) is 10.0 Å². The zero-order valence-corrected chi connectivity index (χ0v) is 13.2. The molecule has 1 saturated carbocycles. The van der Waals surface area contributed by atoms with Crippen molar-refractivity contribution in [2.75, 3.05) is 6.54 Å². The second kappa shape index (κ2) is 6.49. The quantitative estimate of drug-likeness (QED) is 0.830. The summed E-state index contributed by atoms with van der Waals surface area (Å²) in [5.74, 6) is -1.47. The maximum atomic E-state index is 13.5. The fraction of sp³-hybridized carbons (Fsp3) is 0.538. The van der Waals surface area contributed by atoms with E-state index in [1.807, 2.05) is 0 Å². The molecule has 0 aliphatic heterocycles. The number of benzene rings is 1. The molecule has 0 atom stereocenters. The van der Waals surface area contributed by atoms with Gasteiger partial charge in [-0.2, -0.15) is 0 Å². The van der Waals surface area contributed by atoms with E-state index in [4.69, 9.17) is 0 Å². The molecule has 1 aliphatic carbocycles. The average Bonchev–Trinajstić information content (AvgIpc) is 2.41. The SMILES string of the molecule is O=S(=O)(NCC1CCC(Br)CC1)c1cc(F)ccc1F. The Labute approximate surface area is 125 Å². The number of sulfonamides is 1. The van der Waals surface area contributed by atoms with Crippen molar-refractivity contribution < 1.29 is 17.2 Å². The molecule has 1 N–H and O–H groups in total. The van der Waals surface area contributed by atoms with Gasteiger partial charge >= 0.3 is 0 Å². The third-order valence-corrected chi connectivity index (χ3v) is 5.88. The van der Waals surface area contributed by atoms with Crippen molar-refractivity contribution in [3.8, 4) is 0 Å². The second-order valence-electron chi connectivity index (χ2n) is 5.04. The molecule has 0 radical (unpaired) electrons. The van der Waals surface area contributed by atoms with Gasteiger partial charge in [-0.15, -0.1) is 0 Å². The molecule has 0 bridgehead atoms. The normalized spacial score (nSPS) is 23.8. The monoisotopic (exact) mass is 367 g/mol. The van der Waals surface area contributed by atoms with Gasteiger partial charge in [-0.05, 0) is 49.8 Å². The molecule has 0 spiro atoms. The Morgan fingerprint density at radius 1 is 1.20 bits per heavy atom. The van der Waals surface area contributed by atoms with Gasteiger partial charge in [-0.3, -0.25) is 0 Å². The molecule has 7 heteroatoms. The maximum Gasteiger partial charge on any atom is 0.243 e. The number of nitrogens with one attached hydrogen (secondary N) is 1. The fourth-order valence-corrected chi connectivity index (χ4v) is 4.05. The predicted octanol–water partition coefficient (Wildman–Crippen LogP) is 3.20. The molecule has 0 unspecified atom stereocenters. The van der Waals surface area contributed by atoms with Crippen molar-refractivity contribution in [1.29, 1.82) is 0 Å². The molecule has 0 amide bonds. The fourth-order valence-electron chi connectivity index (χ4n) is 2.31. The van der Waals surface area contributed by atoms with E-state index in [2.05, 4.69) is 20.7 Å². The van der Waals surface area contributed by atoms with Gasteiger partial charge in [0.15, 0.2) is 0 Å². The summed E-state index contributed by atoms with van der Waals surface area (Å²) in [6.07, 6.45) is 3.84. The molecule has 20 heavy (non-hydrogen) atoms. The lowest BCUT2D eigenvalue weighted by Gasteiger charge is -2.25. The molecule has 1 aromatic carbocycles. The highest BCUT2D eigenvalue weighted by Gasteiger charge is 2.24. The van der Waals surface area contributed by atoms with Gasteiger partial charge in [0.1, 0.15) is 16.5 Å². The topological polar surface area (TPSA) is 46.2 Å². The molecule has 3 nitrogen and oxygen atoms in total. The highest BCUT2D eigenvalue weighted by Crippen LogP contribution is 2.28. The van der Waals surface area contributed by atoms with Crippen molar-refractivity contribution in [2.45, 2.75) is 35.4 Å². The van der Waals surface area contributed by atoms with Gasteiger partial charge in [0.25, 0.3) is 0 Å². The highest BCUT2D eigenvalue weighted by molar-refractivity contribution is 9.09. The Bertz CT molecular complexity index is 572. The van der Waals surface area contributed by atoms with Gasteiger partial charge in [-0.25, -0.2) is 21.9 Å². The van der Waals surface area contributed by atoms with E-state index in [1.54, 1.807) is 0 Å². The molecule has 112 valence electrons. The van der Waals surface area contributed by atoms with Crippen molar-refractivity contribution in [2.24, 2.45) is 5.92 Å². The zero-order chi connectivity index (χ0) is 14.8. The number of rotatable bonds is 4. The van der Waals surface area contributed by atoms with Crippen molar-refractivity contribution in [3.05, 3.63) is 29.8 Å². The molecular formula is C13H16BrF2NO2S. The predicted molar refractivity (Wildman–Crippen MR) is 76.2 cm³/mol. The summed E-state index contributed by atoms with van der Waals surface area (Å²) in [5, 5.41) is 0. The maximum absolute atomic E-state index is 13.5. The van der Waals surface area contributed by atoms with Crippen LogP contribution in [0.1, 0.15) is 25.7 Å². The van der Waals surface area contributed by atoms with Crippen LogP contribution in [0.2, 0.25) is 0 Å². The van der Waals surface area contributed by atoms with Crippen molar-refractivity contribution in [3.63, 3.8) is 0 Å². The van der Waals surface area contributed by atoms with E-state index in [9.17, 15) is 17.2 Å². The molecule has 0 heterocycles. The lowest BCUT2D eigenvalue weighted by Crippen LogP contribution is -2.32. The number of halogens is 3. The van der Waals surface area contributed by atoms with Crippen LogP contribution in [0.3, 0.4) is 0 Å². The van der Waals surface area contributed by atoms with Gasteiger partial charge in [0.05, 0.1) is 0 Å². The minimum Gasteiger partial charge on any atom is -0.211 e. The Hall–Kier alpha value is -0.530. The molecule has 1 aromatic rings. The minimum atomic E-state index is -4.00. The molecule has 0 saturated heterocycles. The molecule has 1 aliphatic rings. The number of hydrogen-bond acceptors (Lipinski definition) is 2. The van der Waals surface area contributed by atoms with E-state index in [-0.39, 0.29) is 12.5 Å². The first-order valence-corrected chi connectivity index (χ1v) is 8.87. The van der Waals surface area contributed by atoms with Crippen LogP contribution in [0.15, 0.2) is 23.1 Å². The van der Waals surface area contributed by atoms with Gasteiger partial charge < -0.3 is 0 Å². The van der Waals surface area contributed by atoms with Gasteiger partial charge in [0, 0.05) is 11.4 Å². The first-order valence-electron chi connectivity index (χ1n) is 6.47. The zero-order valence-electron chi connectivity index (χ0n) is 10.8. The Balaban J connectivity index is 2.02. The Morgan fingerprint density at radius 2 is 1.85 bits per heavy atom. The highest BCUT2D eigenvalue weighted by atomic mass is 79.9. The van der Waals surface area contributed by atoms with Gasteiger partial charge in [-0.1, -0.05) is 15.9 Å². The summed E-state index contributed by atoms with van der Waals surface area (Å²) in [4.78, 5) is -0.136. The summed E-state index contributed by atoms with van der Waals surface area (Å²) >= 11 is 3.53. The summed E-state index contributed by atoms with van der Waals surface area (Å²) in [6, 6.07) is 2.42. The van der Waals surface area contributed by atoms with Crippen LogP contribution in [0.25, 0.3) is 0 Å². The molecule has 2 rings (SSSR count). The lowest BCUT2D eigenvalue weighted by atomic mass is 9.89. The molecular weight excluding hydrogens is 352 g/mol. The summed E-state index contributed by atoms with van der Waals surface area (Å²) in [7, 11) is -4.00. The third kappa shape index (κ3) is 3.99. The standard InChI is InChI=1S/C13H16BrF2NO2S/c14-10-3-1-9(2-4-10)8-17-20(18,19)13-7-11(15)5-6-12(13)16/h5-7,9-10,17H,1-4,8H2. The van der Waals surface area contributed by atoms with Gasteiger partial charge in [0.2, 0.25) is 10.0 Å². The largest absolute Gasteiger partial charge is 0.243 e. The van der Waals surface area contributed by atoms with Crippen LogP contribution in [0, 0.1) is 17.6 Å². The van der Waals surface area contributed by atoms with E-state index in [1.165, 1.54) is 0 Å². The van der Waals surface area contributed by atoms with Crippen LogP contribution >= 0.6 is 15.9 Å². The molecule has 1 fully saturated rings. The van der Waals surface area contributed by atoms with Crippen molar-refractivity contribution >= 4 is 26.0 Å². The third-order valence-electron chi connectivity index (χ3n) is 3.52. The number of alkyl halides is 1. The minimum absolute atomic E-state index is 0.246. The van der Waals surface area contributed by atoms with Crippen LogP contribution < -0.4 is 4.72 Å². The van der Waals surface area contributed by atoms with Crippen LogP contribution in [0.5, 0.6) is 0 Å².